The van der Waals surface area contributed by atoms with Crippen LogP contribution in [0.4, 0.5) is 13.2 Å². The standard InChI is InChI=1S/C19H13BrClF3/c20-18-10-9-15(14-3-1-2-4-16(14)18)17(11-19(22,23)24)12-5-7-13(21)8-6-12/h1-10,17H,11H2/t17-/m0/s1. The van der Waals surface area contributed by atoms with E-state index in [1.54, 1.807) is 36.4 Å². The lowest BCUT2D eigenvalue weighted by Gasteiger charge is -2.22. The van der Waals surface area contributed by atoms with E-state index in [1.807, 2.05) is 24.3 Å². The van der Waals surface area contributed by atoms with E-state index in [0.29, 0.717) is 16.1 Å². The van der Waals surface area contributed by atoms with Gasteiger partial charge in [-0.25, -0.2) is 0 Å². The first-order valence-electron chi connectivity index (χ1n) is 7.34. The summed E-state index contributed by atoms with van der Waals surface area (Å²) in [5, 5.41) is 2.22. The molecule has 0 saturated heterocycles. The van der Waals surface area contributed by atoms with Crippen LogP contribution in [0.5, 0.6) is 0 Å². The smallest absolute Gasteiger partial charge is 0.171 e. The van der Waals surface area contributed by atoms with Crippen LogP contribution >= 0.6 is 27.5 Å². The van der Waals surface area contributed by atoms with Crippen LogP contribution in [0.15, 0.2) is 65.1 Å². The van der Waals surface area contributed by atoms with Gasteiger partial charge in [-0.2, -0.15) is 13.2 Å². The van der Waals surface area contributed by atoms with Gasteiger partial charge in [0, 0.05) is 15.4 Å². The van der Waals surface area contributed by atoms with Crippen molar-refractivity contribution in [3.63, 3.8) is 0 Å². The minimum Gasteiger partial charge on any atom is -0.171 e. The predicted molar refractivity (Wildman–Crippen MR) is 95.6 cm³/mol. The first kappa shape index (κ1) is 17.3. The zero-order chi connectivity index (χ0) is 17.3. The molecule has 0 N–H and O–H groups in total. The molecule has 0 aliphatic rings. The van der Waals surface area contributed by atoms with Crippen molar-refractivity contribution in [2.75, 3.05) is 0 Å². The summed E-state index contributed by atoms with van der Waals surface area (Å²) in [6, 6.07) is 17.6. The molecule has 0 saturated carbocycles. The lowest BCUT2D eigenvalue weighted by atomic mass is 9.85. The molecule has 0 aromatic heterocycles. The Morgan fingerprint density at radius 3 is 2.12 bits per heavy atom. The Bertz CT molecular complexity index is 857. The van der Waals surface area contributed by atoms with Crippen LogP contribution in [0.25, 0.3) is 10.8 Å². The molecule has 0 spiro atoms. The van der Waals surface area contributed by atoms with Crippen molar-refractivity contribution in [1.29, 1.82) is 0 Å². The average molecular weight is 414 g/mol. The molecule has 0 radical (unpaired) electrons. The van der Waals surface area contributed by atoms with E-state index in [0.717, 1.165) is 15.2 Å². The van der Waals surface area contributed by atoms with Gasteiger partial charge in [0.25, 0.3) is 0 Å². The van der Waals surface area contributed by atoms with Crippen LogP contribution in [0.3, 0.4) is 0 Å². The van der Waals surface area contributed by atoms with Crippen molar-refractivity contribution in [2.45, 2.75) is 18.5 Å². The van der Waals surface area contributed by atoms with E-state index in [4.69, 9.17) is 11.6 Å². The molecule has 24 heavy (non-hydrogen) atoms. The molecular formula is C19H13BrClF3. The number of hydrogen-bond donors (Lipinski definition) is 0. The number of alkyl halides is 3. The first-order chi connectivity index (χ1) is 11.3. The number of benzene rings is 3. The SMILES string of the molecule is FC(F)(F)C[C@@H](c1ccc(Cl)cc1)c1ccc(Br)c2ccccc12. The second-order valence-corrected chi connectivity index (χ2v) is 6.90. The highest BCUT2D eigenvalue weighted by Gasteiger charge is 2.34. The largest absolute Gasteiger partial charge is 0.390 e. The molecule has 3 rings (SSSR count). The van der Waals surface area contributed by atoms with Crippen LogP contribution in [0, 0.1) is 0 Å². The fraction of sp³-hybridized carbons (Fsp3) is 0.158. The maximum Gasteiger partial charge on any atom is 0.390 e. The lowest BCUT2D eigenvalue weighted by Crippen LogP contribution is -2.15. The van der Waals surface area contributed by atoms with Gasteiger partial charge in [0.2, 0.25) is 0 Å². The molecule has 124 valence electrons. The van der Waals surface area contributed by atoms with Gasteiger partial charge in [0.1, 0.15) is 0 Å². The van der Waals surface area contributed by atoms with E-state index >= 15 is 0 Å². The molecule has 3 aromatic carbocycles. The van der Waals surface area contributed by atoms with Gasteiger partial charge < -0.3 is 0 Å². The van der Waals surface area contributed by atoms with Crippen LogP contribution in [-0.2, 0) is 0 Å². The highest BCUT2D eigenvalue weighted by atomic mass is 79.9. The molecule has 5 heteroatoms. The Morgan fingerprint density at radius 1 is 0.875 bits per heavy atom. The minimum absolute atomic E-state index is 0.505. The highest BCUT2D eigenvalue weighted by Crippen LogP contribution is 2.40. The monoisotopic (exact) mass is 412 g/mol. The summed E-state index contributed by atoms with van der Waals surface area (Å²) < 4.78 is 40.5. The van der Waals surface area contributed by atoms with Crippen molar-refractivity contribution in [2.24, 2.45) is 0 Å². The highest BCUT2D eigenvalue weighted by molar-refractivity contribution is 9.10. The van der Waals surface area contributed by atoms with E-state index < -0.39 is 18.5 Å². The fourth-order valence-corrected chi connectivity index (χ4v) is 3.53. The Kier molecular flexibility index (Phi) is 4.88. The number of fused-ring (bicyclic) bond motifs is 1. The zero-order valence-corrected chi connectivity index (χ0v) is 14.8. The molecule has 0 nitrogen and oxygen atoms in total. The molecule has 0 unspecified atom stereocenters. The third kappa shape index (κ3) is 3.76. The van der Waals surface area contributed by atoms with E-state index in [9.17, 15) is 13.2 Å². The van der Waals surface area contributed by atoms with Crippen LogP contribution < -0.4 is 0 Å². The topological polar surface area (TPSA) is 0 Å². The Balaban J connectivity index is 2.19. The molecule has 3 aromatic rings. The molecule has 0 aliphatic heterocycles. The maximum atomic E-state index is 13.2. The van der Waals surface area contributed by atoms with Gasteiger partial charge in [-0.05, 0) is 40.1 Å². The Hall–Kier alpha value is -1.52. The molecule has 0 fully saturated rings. The third-order valence-electron chi connectivity index (χ3n) is 3.99. The number of halogens is 5. The summed E-state index contributed by atoms with van der Waals surface area (Å²) in [5.74, 6) is -0.778. The van der Waals surface area contributed by atoms with Crippen molar-refractivity contribution in [3.8, 4) is 0 Å². The van der Waals surface area contributed by atoms with Crippen molar-refractivity contribution in [1.82, 2.24) is 0 Å². The van der Waals surface area contributed by atoms with Crippen molar-refractivity contribution in [3.05, 3.63) is 81.3 Å². The zero-order valence-electron chi connectivity index (χ0n) is 12.4. The minimum atomic E-state index is -4.27. The Morgan fingerprint density at radius 2 is 1.50 bits per heavy atom. The summed E-state index contributed by atoms with van der Waals surface area (Å²) >= 11 is 9.35. The predicted octanol–water partition coefficient (Wildman–Crippen LogP) is 7.34. The van der Waals surface area contributed by atoms with E-state index in [-0.39, 0.29) is 0 Å². The van der Waals surface area contributed by atoms with Crippen molar-refractivity contribution < 1.29 is 13.2 Å². The number of rotatable bonds is 3. The van der Waals surface area contributed by atoms with Crippen molar-refractivity contribution >= 4 is 38.3 Å². The summed E-state index contributed by atoms with van der Waals surface area (Å²) in [6.07, 6.45) is -5.18. The van der Waals surface area contributed by atoms with E-state index in [2.05, 4.69) is 15.9 Å². The maximum absolute atomic E-state index is 13.2. The van der Waals surface area contributed by atoms with Crippen LogP contribution in [0.1, 0.15) is 23.5 Å². The molecule has 0 aliphatic carbocycles. The third-order valence-corrected chi connectivity index (χ3v) is 4.93. The van der Waals surface area contributed by atoms with Gasteiger partial charge in [0.05, 0.1) is 6.42 Å². The fourth-order valence-electron chi connectivity index (χ4n) is 2.92. The average Bonchev–Trinajstić information content (AvgIpc) is 2.54. The van der Waals surface area contributed by atoms with Gasteiger partial charge >= 0.3 is 6.18 Å². The summed E-state index contributed by atoms with van der Waals surface area (Å²) in [6.45, 7) is 0. The normalized spacial score (nSPS) is 13.2. The quantitative estimate of drug-likeness (QED) is 0.421. The van der Waals surface area contributed by atoms with Crippen LogP contribution in [0.2, 0.25) is 5.02 Å². The van der Waals surface area contributed by atoms with E-state index in [1.165, 1.54) is 0 Å². The summed E-state index contributed by atoms with van der Waals surface area (Å²) in [5.41, 5.74) is 1.26. The second-order valence-electron chi connectivity index (χ2n) is 5.61. The van der Waals surface area contributed by atoms with Gasteiger partial charge in [-0.3, -0.25) is 0 Å². The van der Waals surface area contributed by atoms with Gasteiger partial charge in [-0.15, -0.1) is 0 Å². The Labute approximate surface area is 151 Å². The first-order valence-corrected chi connectivity index (χ1v) is 8.51. The lowest BCUT2D eigenvalue weighted by molar-refractivity contribution is -0.136. The van der Waals surface area contributed by atoms with Crippen LogP contribution in [-0.4, -0.2) is 6.18 Å². The molecule has 1 atom stereocenters. The van der Waals surface area contributed by atoms with Gasteiger partial charge in [0.15, 0.2) is 0 Å². The summed E-state index contributed by atoms with van der Waals surface area (Å²) in [7, 11) is 0. The second kappa shape index (κ2) is 6.77. The molecule has 0 bridgehead atoms. The number of hydrogen-bond acceptors (Lipinski definition) is 0. The molecular weight excluding hydrogens is 401 g/mol. The molecule has 0 heterocycles. The van der Waals surface area contributed by atoms with Gasteiger partial charge in [-0.1, -0.05) is 70.0 Å². The molecule has 0 amide bonds. The summed E-state index contributed by atoms with van der Waals surface area (Å²) in [4.78, 5) is 0.